The van der Waals surface area contributed by atoms with Crippen LogP contribution >= 0.6 is 11.6 Å². The van der Waals surface area contributed by atoms with E-state index in [-0.39, 0.29) is 18.6 Å². The molecule has 1 aliphatic heterocycles. The van der Waals surface area contributed by atoms with Gasteiger partial charge in [0.1, 0.15) is 18.4 Å². The molecule has 1 aliphatic rings. The Morgan fingerprint density at radius 3 is 2.87 bits per heavy atom. The summed E-state index contributed by atoms with van der Waals surface area (Å²) in [5, 5.41) is 8.95. The van der Waals surface area contributed by atoms with E-state index in [1.54, 1.807) is 12.1 Å². The molecule has 7 heteroatoms. The summed E-state index contributed by atoms with van der Waals surface area (Å²) in [7, 11) is 0. The molecule has 23 heavy (non-hydrogen) atoms. The third kappa shape index (κ3) is 3.03. The third-order valence-corrected chi connectivity index (χ3v) is 4.22. The maximum absolute atomic E-state index is 12.4. The molecule has 1 aromatic heterocycles. The Bertz CT molecular complexity index is 716. The van der Waals surface area contributed by atoms with Crippen LogP contribution in [0.5, 0.6) is 5.75 Å². The monoisotopic (exact) mass is 334 g/mol. The lowest BCUT2D eigenvalue weighted by molar-refractivity contribution is -0.137. The number of nitrogens with zero attached hydrogens (tertiary/aromatic N) is 4. The van der Waals surface area contributed by atoms with E-state index in [0.717, 1.165) is 18.8 Å². The minimum atomic E-state index is -0.315. The predicted octanol–water partition coefficient (Wildman–Crippen LogP) is 2.82. The Hall–Kier alpha value is -2.08. The zero-order valence-corrected chi connectivity index (χ0v) is 14.0. The van der Waals surface area contributed by atoms with Gasteiger partial charge in [0.05, 0.1) is 11.6 Å². The number of hydrogen-bond donors (Lipinski definition) is 0. The summed E-state index contributed by atoms with van der Waals surface area (Å²) in [6.45, 7) is 5.38. The Morgan fingerprint density at radius 1 is 1.35 bits per heavy atom. The SMILES string of the molecule is CCCN1Cc2nnc(COc3ccccc3Cl)n2[C@H](C)C1=O. The molecule has 0 aliphatic carbocycles. The molecule has 1 aromatic carbocycles. The summed E-state index contributed by atoms with van der Waals surface area (Å²) in [6.07, 6.45) is 0.926. The van der Waals surface area contributed by atoms with Gasteiger partial charge in [-0.3, -0.25) is 9.36 Å². The summed E-state index contributed by atoms with van der Waals surface area (Å²) in [5.74, 6) is 2.12. The number of fused-ring (bicyclic) bond motifs is 1. The number of amides is 1. The predicted molar refractivity (Wildman–Crippen MR) is 86.2 cm³/mol. The molecule has 0 spiro atoms. The summed E-state index contributed by atoms with van der Waals surface area (Å²) in [5.41, 5.74) is 0. The molecule has 6 nitrogen and oxygen atoms in total. The van der Waals surface area contributed by atoms with E-state index in [4.69, 9.17) is 16.3 Å². The zero-order valence-electron chi connectivity index (χ0n) is 13.2. The van der Waals surface area contributed by atoms with Crippen LogP contribution in [0.3, 0.4) is 0 Å². The lowest BCUT2D eigenvalue weighted by Crippen LogP contribution is -2.42. The van der Waals surface area contributed by atoms with Crippen molar-refractivity contribution < 1.29 is 9.53 Å². The van der Waals surface area contributed by atoms with E-state index in [1.165, 1.54) is 0 Å². The van der Waals surface area contributed by atoms with Gasteiger partial charge in [0.25, 0.3) is 0 Å². The summed E-state index contributed by atoms with van der Waals surface area (Å²) in [6, 6.07) is 6.95. The van der Waals surface area contributed by atoms with Crippen molar-refractivity contribution in [3.63, 3.8) is 0 Å². The van der Waals surface area contributed by atoms with Crippen molar-refractivity contribution in [1.29, 1.82) is 0 Å². The first-order valence-corrected chi connectivity index (χ1v) is 8.08. The van der Waals surface area contributed by atoms with E-state index < -0.39 is 0 Å². The molecule has 2 aromatic rings. The van der Waals surface area contributed by atoms with Crippen LogP contribution in [0.2, 0.25) is 5.02 Å². The lowest BCUT2D eigenvalue weighted by atomic mass is 10.2. The number of carbonyl (C=O) groups excluding carboxylic acids is 1. The van der Waals surface area contributed by atoms with Crippen LogP contribution < -0.4 is 4.74 Å². The van der Waals surface area contributed by atoms with Gasteiger partial charge < -0.3 is 9.64 Å². The van der Waals surface area contributed by atoms with Gasteiger partial charge in [-0.15, -0.1) is 10.2 Å². The van der Waals surface area contributed by atoms with E-state index >= 15 is 0 Å². The third-order valence-electron chi connectivity index (χ3n) is 3.91. The topological polar surface area (TPSA) is 60.2 Å². The van der Waals surface area contributed by atoms with Gasteiger partial charge in [0.2, 0.25) is 5.91 Å². The van der Waals surface area contributed by atoms with Gasteiger partial charge in [0.15, 0.2) is 11.6 Å². The number of rotatable bonds is 5. The van der Waals surface area contributed by atoms with Gasteiger partial charge in [-0.05, 0) is 25.5 Å². The standard InChI is InChI=1S/C16H19ClN4O2/c1-3-8-20-9-14-18-19-15(21(14)11(2)16(20)22)10-23-13-7-5-4-6-12(13)17/h4-7,11H,3,8-10H2,1-2H3/t11-/m1/s1. The van der Waals surface area contributed by atoms with E-state index in [2.05, 4.69) is 17.1 Å². The van der Waals surface area contributed by atoms with E-state index in [9.17, 15) is 4.79 Å². The first-order chi connectivity index (χ1) is 11.1. The fourth-order valence-corrected chi connectivity index (χ4v) is 2.99. The number of para-hydroxylation sites is 1. The van der Waals surface area contributed by atoms with Crippen molar-refractivity contribution in [2.24, 2.45) is 0 Å². The first kappa shape index (κ1) is 15.8. The number of benzene rings is 1. The fraction of sp³-hybridized carbons (Fsp3) is 0.438. The number of aromatic nitrogens is 3. The Kier molecular flexibility index (Phi) is 4.52. The quantitative estimate of drug-likeness (QED) is 0.843. The summed E-state index contributed by atoms with van der Waals surface area (Å²) in [4.78, 5) is 14.3. The van der Waals surface area contributed by atoms with Gasteiger partial charge in [-0.25, -0.2) is 0 Å². The molecule has 2 heterocycles. The smallest absolute Gasteiger partial charge is 0.245 e. The molecule has 0 saturated carbocycles. The minimum Gasteiger partial charge on any atom is -0.484 e. The average Bonchev–Trinajstić information content (AvgIpc) is 2.95. The van der Waals surface area contributed by atoms with Crippen LogP contribution in [0.25, 0.3) is 0 Å². The van der Waals surface area contributed by atoms with Gasteiger partial charge >= 0.3 is 0 Å². The van der Waals surface area contributed by atoms with Crippen LogP contribution in [0.15, 0.2) is 24.3 Å². The molecule has 0 unspecified atom stereocenters. The summed E-state index contributed by atoms with van der Waals surface area (Å²) < 4.78 is 7.59. The lowest BCUT2D eigenvalue weighted by Gasteiger charge is -2.31. The Balaban J connectivity index is 1.79. The molecule has 1 atom stereocenters. The molecule has 3 rings (SSSR count). The van der Waals surface area contributed by atoms with Crippen molar-refractivity contribution >= 4 is 17.5 Å². The zero-order chi connectivity index (χ0) is 16.4. The Labute approximate surface area is 140 Å². The number of carbonyl (C=O) groups is 1. The molecule has 0 saturated heterocycles. The van der Waals surface area contributed by atoms with Crippen molar-refractivity contribution in [2.75, 3.05) is 6.54 Å². The van der Waals surface area contributed by atoms with E-state index in [0.29, 0.717) is 23.1 Å². The maximum atomic E-state index is 12.4. The largest absolute Gasteiger partial charge is 0.484 e. The second kappa shape index (κ2) is 6.58. The van der Waals surface area contributed by atoms with Crippen LogP contribution in [-0.4, -0.2) is 32.1 Å². The Morgan fingerprint density at radius 2 is 2.13 bits per heavy atom. The highest BCUT2D eigenvalue weighted by Crippen LogP contribution is 2.26. The van der Waals surface area contributed by atoms with Gasteiger partial charge in [-0.1, -0.05) is 30.7 Å². The van der Waals surface area contributed by atoms with Crippen LogP contribution in [-0.2, 0) is 17.9 Å². The van der Waals surface area contributed by atoms with Crippen molar-refractivity contribution in [2.45, 2.75) is 39.5 Å². The number of ether oxygens (including phenoxy) is 1. The second-order valence-electron chi connectivity index (χ2n) is 5.56. The number of halogens is 1. The maximum Gasteiger partial charge on any atom is 0.245 e. The second-order valence-corrected chi connectivity index (χ2v) is 5.96. The van der Waals surface area contributed by atoms with Crippen molar-refractivity contribution in [1.82, 2.24) is 19.7 Å². The highest BCUT2D eigenvalue weighted by molar-refractivity contribution is 6.32. The normalized spacial score (nSPS) is 17.3. The molecule has 0 radical (unpaired) electrons. The first-order valence-electron chi connectivity index (χ1n) is 7.70. The minimum absolute atomic E-state index is 0.0955. The summed E-state index contributed by atoms with van der Waals surface area (Å²) >= 11 is 6.08. The van der Waals surface area contributed by atoms with Crippen molar-refractivity contribution in [3.05, 3.63) is 40.9 Å². The molecular formula is C16H19ClN4O2. The van der Waals surface area contributed by atoms with Gasteiger partial charge in [-0.2, -0.15) is 0 Å². The van der Waals surface area contributed by atoms with Crippen LogP contribution in [0.1, 0.15) is 38.0 Å². The highest BCUT2D eigenvalue weighted by atomic mass is 35.5. The molecular weight excluding hydrogens is 316 g/mol. The number of hydrogen-bond acceptors (Lipinski definition) is 4. The fourth-order valence-electron chi connectivity index (χ4n) is 2.80. The van der Waals surface area contributed by atoms with Gasteiger partial charge in [0, 0.05) is 6.54 Å². The molecule has 0 bridgehead atoms. The molecule has 0 N–H and O–H groups in total. The average molecular weight is 335 g/mol. The molecule has 122 valence electrons. The van der Waals surface area contributed by atoms with Crippen molar-refractivity contribution in [3.8, 4) is 5.75 Å². The molecule has 1 amide bonds. The molecule has 0 fully saturated rings. The van der Waals surface area contributed by atoms with E-state index in [1.807, 2.05) is 28.5 Å². The highest BCUT2D eigenvalue weighted by Gasteiger charge is 2.32. The van der Waals surface area contributed by atoms with Crippen LogP contribution in [0.4, 0.5) is 0 Å². The van der Waals surface area contributed by atoms with Crippen LogP contribution in [0, 0.1) is 0 Å².